The molecule has 0 atom stereocenters. The molecule has 0 radical (unpaired) electrons. The number of aromatic amines is 1. The number of nitrogens with one attached hydrogen (secondary N) is 1. The predicted molar refractivity (Wildman–Crippen MR) is 91.0 cm³/mol. The van der Waals surface area contributed by atoms with Crippen LogP contribution in [-0.2, 0) is 0 Å². The van der Waals surface area contributed by atoms with Crippen LogP contribution >= 0.6 is 0 Å². The van der Waals surface area contributed by atoms with Crippen molar-refractivity contribution in [2.24, 2.45) is 5.92 Å². The maximum Gasteiger partial charge on any atom is 0.141 e. The highest BCUT2D eigenvalue weighted by molar-refractivity contribution is 5.89. The van der Waals surface area contributed by atoms with Crippen LogP contribution in [0.25, 0.3) is 22.3 Å². The zero-order valence-corrected chi connectivity index (χ0v) is 13.5. The molecule has 6 nitrogen and oxygen atoms in total. The van der Waals surface area contributed by atoms with Crippen LogP contribution in [0.5, 0.6) is 0 Å². The number of hydrogen-bond donors (Lipinski definition) is 1. The standard InChI is InChI=1S/C18H20N6/c19-8-1-2-13-3-5-15(6-4-13)24-11-14(10-23-24)17-16-7-9-20-18(16)22-12-21-17/h7,9-13,15H,1-6H2,(H,20,21,22)/t13-,15+. The number of rotatable bonds is 4. The minimum Gasteiger partial charge on any atom is -0.346 e. The lowest BCUT2D eigenvalue weighted by molar-refractivity contribution is 0.253. The summed E-state index contributed by atoms with van der Waals surface area (Å²) in [5.41, 5.74) is 2.81. The number of hydrogen-bond acceptors (Lipinski definition) is 4. The summed E-state index contributed by atoms with van der Waals surface area (Å²) in [5.74, 6) is 0.706. The van der Waals surface area contributed by atoms with Gasteiger partial charge in [-0.25, -0.2) is 9.97 Å². The van der Waals surface area contributed by atoms with Gasteiger partial charge < -0.3 is 4.98 Å². The van der Waals surface area contributed by atoms with Crippen LogP contribution in [0.15, 0.2) is 31.0 Å². The Bertz CT molecular complexity index is 863. The monoisotopic (exact) mass is 320 g/mol. The van der Waals surface area contributed by atoms with Crippen molar-refractivity contribution in [3.63, 3.8) is 0 Å². The Labute approximate surface area is 140 Å². The Morgan fingerprint density at radius 3 is 2.96 bits per heavy atom. The van der Waals surface area contributed by atoms with E-state index in [0.717, 1.165) is 41.6 Å². The van der Waals surface area contributed by atoms with E-state index in [9.17, 15) is 0 Å². The van der Waals surface area contributed by atoms with Crippen molar-refractivity contribution >= 4 is 11.0 Å². The van der Waals surface area contributed by atoms with E-state index in [1.807, 2.05) is 18.5 Å². The van der Waals surface area contributed by atoms with Crippen LogP contribution in [0, 0.1) is 17.2 Å². The van der Waals surface area contributed by atoms with Gasteiger partial charge in [-0.1, -0.05) is 0 Å². The topological polar surface area (TPSA) is 83.2 Å². The normalized spacial score (nSPS) is 21.0. The third-order valence-electron chi connectivity index (χ3n) is 5.08. The van der Waals surface area contributed by atoms with Crippen LogP contribution in [0.4, 0.5) is 0 Å². The molecule has 122 valence electrons. The quantitative estimate of drug-likeness (QED) is 0.791. The molecule has 0 unspecified atom stereocenters. The molecule has 1 aliphatic rings. The van der Waals surface area contributed by atoms with E-state index in [1.165, 1.54) is 12.8 Å². The Balaban J connectivity index is 1.50. The van der Waals surface area contributed by atoms with Crippen molar-refractivity contribution in [2.45, 2.75) is 44.6 Å². The molecule has 0 amide bonds. The summed E-state index contributed by atoms with van der Waals surface area (Å²) in [6.07, 6.45) is 13.9. The van der Waals surface area contributed by atoms with Gasteiger partial charge in [-0.3, -0.25) is 4.68 Å². The average molecular weight is 320 g/mol. The van der Waals surface area contributed by atoms with Crippen LogP contribution in [-0.4, -0.2) is 24.7 Å². The molecule has 0 aromatic carbocycles. The van der Waals surface area contributed by atoms with Crippen LogP contribution in [0.3, 0.4) is 0 Å². The van der Waals surface area contributed by atoms with E-state index >= 15 is 0 Å². The first-order valence-corrected chi connectivity index (χ1v) is 8.54. The smallest absolute Gasteiger partial charge is 0.141 e. The average Bonchev–Trinajstić information content (AvgIpc) is 3.29. The van der Waals surface area contributed by atoms with E-state index in [2.05, 4.69) is 37.0 Å². The lowest BCUT2D eigenvalue weighted by Crippen LogP contribution is -2.18. The summed E-state index contributed by atoms with van der Waals surface area (Å²) < 4.78 is 2.09. The maximum atomic E-state index is 8.72. The number of aromatic nitrogens is 5. The van der Waals surface area contributed by atoms with Gasteiger partial charge in [-0.05, 0) is 44.1 Å². The molecular weight excluding hydrogens is 300 g/mol. The molecule has 0 bridgehead atoms. The largest absolute Gasteiger partial charge is 0.346 e. The number of H-pyrrole nitrogens is 1. The second-order valence-corrected chi connectivity index (χ2v) is 6.54. The Hall–Kier alpha value is -2.68. The summed E-state index contributed by atoms with van der Waals surface area (Å²) in [6, 6.07) is 4.72. The number of nitriles is 1. The van der Waals surface area contributed by atoms with Crippen molar-refractivity contribution < 1.29 is 0 Å². The molecule has 24 heavy (non-hydrogen) atoms. The zero-order chi connectivity index (χ0) is 16.4. The highest BCUT2D eigenvalue weighted by Crippen LogP contribution is 2.35. The van der Waals surface area contributed by atoms with Crippen molar-refractivity contribution in [3.05, 3.63) is 31.0 Å². The molecule has 0 spiro atoms. The molecule has 3 heterocycles. The minimum absolute atomic E-state index is 0.459. The van der Waals surface area contributed by atoms with Crippen LogP contribution in [0.1, 0.15) is 44.6 Å². The molecule has 6 heteroatoms. The van der Waals surface area contributed by atoms with E-state index in [0.29, 0.717) is 18.4 Å². The second-order valence-electron chi connectivity index (χ2n) is 6.54. The first-order valence-electron chi connectivity index (χ1n) is 8.54. The molecule has 0 saturated heterocycles. The van der Waals surface area contributed by atoms with Crippen LogP contribution < -0.4 is 0 Å². The van der Waals surface area contributed by atoms with Gasteiger partial charge in [0.15, 0.2) is 0 Å². The maximum absolute atomic E-state index is 8.72. The summed E-state index contributed by atoms with van der Waals surface area (Å²) in [4.78, 5) is 11.8. The molecule has 0 aliphatic heterocycles. The molecule has 3 aromatic heterocycles. The first kappa shape index (κ1) is 14.9. The fraction of sp³-hybridized carbons (Fsp3) is 0.444. The zero-order valence-electron chi connectivity index (χ0n) is 13.5. The van der Waals surface area contributed by atoms with Crippen molar-refractivity contribution in [2.75, 3.05) is 0 Å². The van der Waals surface area contributed by atoms with Gasteiger partial charge in [-0.2, -0.15) is 10.4 Å². The van der Waals surface area contributed by atoms with Gasteiger partial charge in [-0.15, -0.1) is 0 Å². The van der Waals surface area contributed by atoms with Gasteiger partial charge in [0.25, 0.3) is 0 Å². The van der Waals surface area contributed by atoms with Crippen molar-refractivity contribution in [1.29, 1.82) is 5.26 Å². The predicted octanol–water partition coefficient (Wildman–Crippen LogP) is 3.86. The number of nitrogens with zero attached hydrogens (tertiary/aromatic N) is 5. The molecule has 1 N–H and O–H groups in total. The highest BCUT2D eigenvalue weighted by atomic mass is 15.3. The fourth-order valence-electron chi connectivity index (χ4n) is 3.73. The summed E-state index contributed by atoms with van der Waals surface area (Å²) in [7, 11) is 0. The fourth-order valence-corrected chi connectivity index (χ4v) is 3.73. The number of fused-ring (bicyclic) bond motifs is 1. The Morgan fingerprint density at radius 1 is 1.25 bits per heavy atom. The van der Waals surface area contributed by atoms with Gasteiger partial charge in [0, 0.05) is 29.8 Å². The SMILES string of the molecule is N#CCC[C@H]1CC[C@@H](n2cc(-c3ncnc4[nH]ccc34)cn2)CC1. The second kappa shape index (κ2) is 6.44. The lowest BCUT2D eigenvalue weighted by Gasteiger charge is -2.28. The van der Waals surface area contributed by atoms with Crippen molar-refractivity contribution in [1.82, 2.24) is 24.7 Å². The van der Waals surface area contributed by atoms with Gasteiger partial charge in [0.1, 0.15) is 12.0 Å². The highest BCUT2D eigenvalue weighted by Gasteiger charge is 2.23. The summed E-state index contributed by atoms with van der Waals surface area (Å²) in [5, 5.41) is 14.3. The van der Waals surface area contributed by atoms with E-state index < -0.39 is 0 Å². The van der Waals surface area contributed by atoms with E-state index in [-0.39, 0.29) is 0 Å². The van der Waals surface area contributed by atoms with Gasteiger partial charge in [0.2, 0.25) is 0 Å². The minimum atomic E-state index is 0.459. The van der Waals surface area contributed by atoms with Gasteiger partial charge >= 0.3 is 0 Å². The molecular formula is C18H20N6. The van der Waals surface area contributed by atoms with Crippen molar-refractivity contribution in [3.8, 4) is 17.3 Å². The Morgan fingerprint density at radius 2 is 2.12 bits per heavy atom. The van der Waals surface area contributed by atoms with E-state index in [4.69, 9.17) is 5.26 Å². The van der Waals surface area contributed by atoms with Crippen LogP contribution in [0.2, 0.25) is 0 Å². The van der Waals surface area contributed by atoms with Gasteiger partial charge in [0.05, 0.1) is 24.0 Å². The molecule has 3 aromatic rings. The summed E-state index contributed by atoms with van der Waals surface area (Å²) in [6.45, 7) is 0. The molecule has 1 saturated carbocycles. The first-order chi connectivity index (χ1) is 11.8. The Kier molecular flexibility index (Phi) is 3.99. The molecule has 4 rings (SSSR count). The third kappa shape index (κ3) is 2.78. The molecule has 1 aliphatic carbocycles. The molecule has 1 fully saturated rings. The van der Waals surface area contributed by atoms with E-state index in [1.54, 1.807) is 6.33 Å². The lowest BCUT2D eigenvalue weighted by atomic mass is 9.83. The third-order valence-corrected chi connectivity index (χ3v) is 5.08. The summed E-state index contributed by atoms with van der Waals surface area (Å²) >= 11 is 0.